The molecule has 5 aliphatic rings. The number of hydrogen-bond acceptors (Lipinski definition) is 4. The molecule has 3 nitrogen and oxygen atoms in total. The highest BCUT2D eigenvalue weighted by atomic mass is 32.1. The third-order valence-electron chi connectivity index (χ3n) is 11.0. The highest BCUT2D eigenvalue weighted by molar-refractivity contribution is 7.13. The summed E-state index contributed by atoms with van der Waals surface area (Å²) in [4.78, 5) is 9.74. The third-order valence-corrected chi connectivity index (χ3v) is 11.8. The Morgan fingerprint density at radius 1 is 1.13 bits per heavy atom. The molecule has 2 heterocycles. The van der Waals surface area contributed by atoms with E-state index in [1.54, 1.807) is 16.9 Å². The van der Waals surface area contributed by atoms with Crippen molar-refractivity contribution in [2.45, 2.75) is 77.3 Å². The van der Waals surface area contributed by atoms with E-state index >= 15 is 0 Å². The molecule has 8 atom stereocenters. The fraction of sp³-hybridized carbons (Fsp3) is 0.808. The van der Waals surface area contributed by atoms with Gasteiger partial charge in [0, 0.05) is 37.3 Å². The zero-order chi connectivity index (χ0) is 20.7. The summed E-state index contributed by atoms with van der Waals surface area (Å²) in [6.45, 7) is 6.54. The monoisotopic (exact) mass is 425 g/mol. The van der Waals surface area contributed by atoms with E-state index in [4.69, 9.17) is 0 Å². The smallest absolute Gasteiger partial charge is 0.185 e. The van der Waals surface area contributed by atoms with Crippen LogP contribution < -0.4 is 4.90 Å². The quantitative estimate of drug-likeness (QED) is 0.555. The van der Waals surface area contributed by atoms with Crippen LogP contribution in [-0.2, 0) is 0 Å². The molecule has 0 aromatic carbocycles. The fourth-order valence-corrected chi connectivity index (χ4v) is 10.0. The van der Waals surface area contributed by atoms with Gasteiger partial charge in [-0.2, -0.15) is 0 Å². The number of allylic oxidation sites excluding steroid dienone is 1. The number of anilines is 1. The molecule has 1 aliphatic heterocycles. The van der Waals surface area contributed by atoms with Crippen LogP contribution in [0.5, 0.6) is 0 Å². The van der Waals surface area contributed by atoms with Gasteiger partial charge in [-0.15, -0.1) is 11.3 Å². The first-order valence-electron chi connectivity index (χ1n) is 12.5. The average molecular weight is 426 g/mol. The first-order chi connectivity index (χ1) is 14.4. The first kappa shape index (κ1) is 19.8. The van der Waals surface area contributed by atoms with Gasteiger partial charge in [0.2, 0.25) is 0 Å². The molecule has 1 unspecified atom stereocenters. The topological polar surface area (TPSA) is 19.4 Å². The van der Waals surface area contributed by atoms with Crippen molar-refractivity contribution >= 4 is 16.5 Å². The molecule has 3 saturated carbocycles. The lowest BCUT2D eigenvalue weighted by atomic mass is 9.47. The summed E-state index contributed by atoms with van der Waals surface area (Å²) >= 11 is 1.78. The number of thiazole rings is 1. The standard InChI is InChI=1S/C26H39N3S/c1-17-21-7-8-23-20-6-5-18-15-19(29(4)24-27-13-14-30-24)9-11-25(18,2)22(20)10-12-26(21,23)16-28(17)3/h5,13-14,17,19-23H,6-12,15-16H2,1-4H3/t17-,19-,20+,21+,22?,23-,25-,26-/m0/s1. The van der Waals surface area contributed by atoms with Crippen LogP contribution in [0.25, 0.3) is 0 Å². The molecule has 1 spiro atoms. The first-order valence-corrected chi connectivity index (χ1v) is 13.3. The Labute approximate surface area is 186 Å². The summed E-state index contributed by atoms with van der Waals surface area (Å²) in [6.07, 6.45) is 16.0. The van der Waals surface area contributed by atoms with Crippen molar-refractivity contribution in [1.29, 1.82) is 0 Å². The summed E-state index contributed by atoms with van der Waals surface area (Å²) in [5.74, 6) is 3.83. The van der Waals surface area contributed by atoms with Crippen molar-refractivity contribution in [3.63, 3.8) is 0 Å². The molecule has 6 rings (SSSR count). The fourth-order valence-electron chi connectivity index (χ4n) is 9.32. The molecule has 1 aromatic heterocycles. The van der Waals surface area contributed by atoms with E-state index in [9.17, 15) is 0 Å². The van der Waals surface area contributed by atoms with Gasteiger partial charge in [0.25, 0.3) is 0 Å². The Morgan fingerprint density at radius 2 is 1.97 bits per heavy atom. The van der Waals surface area contributed by atoms with Crippen LogP contribution in [0.1, 0.15) is 65.2 Å². The van der Waals surface area contributed by atoms with Gasteiger partial charge in [0.15, 0.2) is 5.13 Å². The second-order valence-corrected chi connectivity index (χ2v) is 12.6. The molecule has 1 saturated heterocycles. The maximum atomic E-state index is 4.58. The van der Waals surface area contributed by atoms with Gasteiger partial charge in [0.05, 0.1) is 0 Å². The number of fused-ring (bicyclic) bond motifs is 4. The third kappa shape index (κ3) is 2.56. The number of likely N-dealkylation sites (tertiary alicyclic amines) is 1. The molecule has 0 radical (unpaired) electrons. The molecule has 0 bridgehead atoms. The largest absolute Gasteiger partial charge is 0.348 e. The van der Waals surface area contributed by atoms with Gasteiger partial charge in [-0.25, -0.2) is 4.98 Å². The van der Waals surface area contributed by atoms with E-state index in [2.05, 4.69) is 54.2 Å². The SMILES string of the molecule is C[C@H]1[C@H]2CC[C@H]3[C@@H]4CC=C5C[C@@H](N(C)c6nccs6)CC[C@]5(C)C4CC[C@]23CN1C. The van der Waals surface area contributed by atoms with Crippen LogP contribution in [0.4, 0.5) is 5.13 Å². The highest BCUT2D eigenvalue weighted by Crippen LogP contribution is 2.68. The summed E-state index contributed by atoms with van der Waals surface area (Å²) in [5.41, 5.74) is 2.91. The predicted molar refractivity (Wildman–Crippen MR) is 126 cm³/mol. The second kappa shape index (κ2) is 6.81. The van der Waals surface area contributed by atoms with Gasteiger partial charge in [0.1, 0.15) is 0 Å². The van der Waals surface area contributed by atoms with Crippen molar-refractivity contribution in [3.05, 3.63) is 23.2 Å². The average Bonchev–Trinajstić information content (AvgIpc) is 3.44. The van der Waals surface area contributed by atoms with Crippen molar-refractivity contribution in [2.75, 3.05) is 25.5 Å². The lowest BCUT2D eigenvalue weighted by Gasteiger charge is -2.58. The van der Waals surface area contributed by atoms with Gasteiger partial charge >= 0.3 is 0 Å². The van der Waals surface area contributed by atoms with Gasteiger partial charge in [-0.1, -0.05) is 18.6 Å². The Bertz CT molecular complexity index is 833. The van der Waals surface area contributed by atoms with Crippen LogP contribution in [0.3, 0.4) is 0 Å². The van der Waals surface area contributed by atoms with Crippen molar-refractivity contribution in [3.8, 4) is 0 Å². The van der Waals surface area contributed by atoms with Crippen LogP contribution in [0.15, 0.2) is 23.2 Å². The van der Waals surface area contributed by atoms with E-state index < -0.39 is 0 Å². The lowest BCUT2D eigenvalue weighted by molar-refractivity contribution is -0.0398. The molecule has 0 amide bonds. The maximum absolute atomic E-state index is 4.58. The molecule has 4 fully saturated rings. The summed E-state index contributed by atoms with van der Waals surface area (Å²) in [6, 6.07) is 1.43. The van der Waals surface area contributed by atoms with Crippen LogP contribution in [0.2, 0.25) is 0 Å². The zero-order valence-electron chi connectivity index (χ0n) is 19.3. The number of aromatic nitrogens is 1. The molecule has 1 aromatic rings. The zero-order valence-corrected chi connectivity index (χ0v) is 20.1. The molecule has 30 heavy (non-hydrogen) atoms. The van der Waals surface area contributed by atoms with Crippen LogP contribution >= 0.6 is 11.3 Å². The minimum absolute atomic E-state index is 0.457. The summed E-state index contributed by atoms with van der Waals surface area (Å²) in [7, 11) is 4.65. The van der Waals surface area contributed by atoms with Crippen LogP contribution in [-0.4, -0.2) is 42.6 Å². The van der Waals surface area contributed by atoms with Gasteiger partial charge < -0.3 is 9.80 Å². The Hall–Kier alpha value is -0.870. The Kier molecular flexibility index (Phi) is 4.49. The van der Waals surface area contributed by atoms with Crippen molar-refractivity contribution in [2.24, 2.45) is 34.5 Å². The summed E-state index contributed by atoms with van der Waals surface area (Å²) < 4.78 is 0. The molecular weight excluding hydrogens is 386 g/mol. The minimum atomic E-state index is 0.457. The van der Waals surface area contributed by atoms with Gasteiger partial charge in [-0.05, 0) is 99.8 Å². The molecular formula is C26H39N3S. The maximum Gasteiger partial charge on any atom is 0.185 e. The predicted octanol–water partition coefficient (Wildman–Crippen LogP) is 5.84. The van der Waals surface area contributed by atoms with E-state index in [0.717, 1.165) is 29.7 Å². The van der Waals surface area contributed by atoms with Crippen molar-refractivity contribution in [1.82, 2.24) is 9.88 Å². The molecule has 0 N–H and O–H groups in total. The van der Waals surface area contributed by atoms with E-state index in [0.29, 0.717) is 16.9 Å². The number of rotatable bonds is 2. The normalized spacial score (nSPS) is 47.8. The Morgan fingerprint density at radius 3 is 2.77 bits per heavy atom. The van der Waals surface area contributed by atoms with Crippen molar-refractivity contribution < 1.29 is 0 Å². The molecule has 4 heteroatoms. The number of nitrogens with zero attached hydrogens (tertiary/aromatic N) is 3. The highest BCUT2D eigenvalue weighted by Gasteiger charge is 2.64. The van der Waals surface area contributed by atoms with Gasteiger partial charge in [-0.3, -0.25) is 0 Å². The van der Waals surface area contributed by atoms with E-state index in [1.165, 1.54) is 63.0 Å². The van der Waals surface area contributed by atoms with E-state index in [-0.39, 0.29) is 0 Å². The molecule has 164 valence electrons. The number of hydrogen-bond donors (Lipinski definition) is 0. The van der Waals surface area contributed by atoms with Crippen LogP contribution in [0, 0.1) is 34.5 Å². The second-order valence-electron chi connectivity index (χ2n) is 11.7. The minimum Gasteiger partial charge on any atom is -0.348 e. The Balaban J connectivity index is 1.26. The summed E-state index contributed by atoms with van der Waals surface area (Å²) in [5, 5.41) is 3.30. The molecule has 4 aliphatic carbocycles. The lowest BCUT2D eigenvalue weighted by Crippen LogP contribution is -2.52. The van der Waals surface area contributed by atoms with E-state index in [1.807, 2.05) is 6.20 Å².